The zero-order chi connectivity index (χ0) is 79.3. The highest BCUT2D eigenvalue weighted by Crippen LogP contribution is 2.37. The Morgan fingerprint density at radius 2 is 0.946 bits per heavy atom. The Morgan fingerprint density at radius 3 is 1.36 bits per heavy atom. The molecule has 8 saturated heterocycles. The minimum Gasteiger partial charge on any atom is -0.444 e. The smallest absolute Gasteiger partial charge is 0.408 e. The second kappa shape index (κ2) is 34.3. The first kappa shape index (κ1) is 80.4. The number of aromatic nitrogens is 9. The Kier molecular flexibility index (Phi) is 24.6. The van der Waals surface area contributed by atoms with Crippen molar-refractivity contribution >= 4 is 108 Å². The van der Waals surface area contributed by atoms with Gasteiger partial charge in [-0.25, -0.2) is 29.7 Å². The maximum Gasteiger partial charge on any atom is 0.408 e. The molecule has 6 aromatic heterocycles. The molecule has 0 spiro atoms. The standard InChI is InChI=1S/C27H33N9.C23H24ClN7.C18H21N5.C9H18N2O2.C5H4Cl2N2/c1-18-11-24(32-26(31-18)35-16-27(3,29)17-35)33-9-10-36-19(2)13-34(15-21(36)14-33)23-7-6-20(12-28)25-22(23)5-4-8-30-25;1-15-10-21(28-23(24)27-15)29-8-9-31-16(2)12-30(14-18(31)13-29)20-6-5-17(11-25)22-19(20)4-3-7-26-22;1-13-11-22(12-15-10-20-7-8-23(13)15)17-5-4-14(9-19)18-16(17)3-2-6-21-18;1-8(2,3)13-7(12)11-9(4)5-10-6-9;1-3-2-4(6)9-5(7)8-3/h4-8,11,19,21H,9-10,13-17,29H2,1-3H3;3-7,10,16,18H,8-9,12-14H2,1-2H3;2-6,13,15,20H,7-8,10-12H2,1H3;10H,5-6H2,1-4H3,(H,11,12);2H,1H3/t19-,21+;16-,18+;13-,15+;;/m111../s1. The van der Waals surface area contributed by atoms with E-state index in [4.69, 9.17) is 50.3 Å². The zero-order valence-electron chi connectivity index (χ0n) is 65.7. The first-order valence-corrected chi connectivity index (χ1v) is 39.6. The fraction of sp³-hybridized carbons (Fsp3) is 0.476. The van der Waals surface area contributed by atoms with Crippen molar-refractivity contribution in [3.05, 3.63) is 159 Å². The maximum atomic E-state index is 11.3. The summed E-state index contributed by atoms with van der Waals surface area (Å²) in [6.07, 6.45) is 4.94. The molecular formula is C82H100Cl3N25O2. The largest absolute Gasteiger partial charge is 0.444 e. The third-order valence-corrected chi connectivity index (χ3v) is 22.4. The van der Waals surface area contributed by atoms with Gasteiger partial charge in [-0.1, -0.05) is 11.6 Å². The zero-order valence-corrected chi connectivity index (χ0v) is 68.0. The first-order chi connectivity index (χ1) is 53.6. The average Bonchev–Trinajstić information content (AvgIpc) is 0.772. The van der Waals surface area contributed by atoms with Crippen LogP contribution in [0.25, 0.3) is 32.7 Å². The number of amides is 1. The van der Waals surface area contributed by atoms with Crippen molar-refractivity contribution < 1.29 is 9.53 Å². The van der Waals surface area contributed by atoms with Gasteiger partial charge in [-0.05, 0) is 178 Å². The average molecular weight is 1570 g/mol. The number of anilines is 6. The van der Waals surface area contributed by atoms with Gasteiger partial charge in [-0.3, -0.25) is 29.7 Å². The van der Waals surface area contributed by atoms with Crippen LogP contribution in [-0.2, 0) is 4.74 Å². The molecule has 0 saturated carbocycles. The Balaban J connectivity index is 0.000000131. The van der Waals surface area contributed by atoms with Crippen LogP contribution in [0.5, 0.6) is 0 Å². The van der Waals surface area contributed by atoms with Crippen molar-refractivity contribution in [1.82, 2.24) is 75.5 Å². The Labute approximate surface area is 671 Å². The van der Waals surface area contributed by atoms with Crippen LogP contribution in [0.4, 0.5) is 39.4 Å². The van der Waals surface area contributed by atoms with E-state index < -0.39 is 5.60 Å². The van der Waals surface area contributed by atoms with Gasteiger partial charge in [0.05, 0.1) is 38.8 Å². The van der Waals surface area contributed by atoms with Crippen LogP contribution < -0.4 is 51.1 Å². The highest BCUT2D eigenvalue weighted by molar-refractivity contribution is 6.31. The number of nitrogens with two attached hydrogens (primary N) is 1. The normalized spacial score (nSPS) is 22.0. The van der Waals surface area contributed by atoms with E-state index in [1.54, 1.807) is 31.6 Å². The summed E-state index contributed by atoms with van der Waals surface area (Å²) < 4.78 is 5.13. The van der Waals surface area contributed by atoms with Gasteiger partial charge in [0.1, 0.15) is 40.6 Å². The molecule has 0 aliphatic carbocycles. The molecule has 8 aliphatic rings. The second-order valence-electron chi connectivity index (χ2n) is 32.2. The van der Waals surface area contributed by atoms with Gasteiger partial charge in [0, 0.05) is 247 Å². The second-order valence-corrected chi connectivity index (χ2v) is 33.2. The number of ether oxygens (including phenoxy) is 1. The van der Waals surface area contributed by atoms with E-state index in [2.05, 4.69) is 188 Å². The summed E-state index contributed by atoms with van der Waals surface area (Å²) in [4.78, 5) is 72.6. The molecule has 9 aromatic rings. The molecule has 17 rings (SSSR count). The van der Waals surface area contributed by atoms with E-state index in [0.717, 1.165) is 203 Å². The van der Waals surface area contributed by atoms with Crippen LogP contribution >= 0.6 is 34.8 Å². The number of nitriles is 3. The topological polar surface area (TPSA) is 305 Å². The van der Waals surface area contributed by atoms with Gasteiger partial charge in [0.25, 0.3) is 0 Å². The van der Waals surface area contributed by atoms with Crippen LogP contribution in [0.1, 0.15) is 89.2 Å². The van der Waals surface area contributed by atoms with Gasteiger partial charge in [-0.15, -0.1) is 0 Å². The highest BCUT2D eigenvalue weighted by atomic mass is 35.5. The Hall–Kier alpha value is -9.70. The number of hydrogen-bond donors (Lipinski definition) is 4. The predicted molar refractivity (Wildman–Crippen MR) is 444 cm³/mol. The lowest BCUT2D eigenvalue weighted by atomic mass is 9.94. The third kappa shape index (κ3) is 18.8. The Bertz CT molecular complexity index is 4940. The summed E-state index contributed by atoms with van der Waals surface area (Å²) in [5.74, 6) is 2.68. The van der Waals surface area contributed by atoms with Crippen LogP contribution in [0.2, 0.25) is 15.7 Å². The van der Waals surface area contributed by atoms with E-state index in [9.17, 15) is 20.6 Å². The van der Waals surface area contributed by atoms with E-state index >= 15 is 0 Å². The maximum absolute atomic E-state index is 11.3. The molecule has 14 heterocycles. The number of rotatable bonds is 7. The lowest BCUT2D eigenvalue weighted by Gasteiger charge is -2.51. The fourth-order valence-corrected chi connectivity index (χ4v) is 17.4. The van der Waals surface area contributed by atoms with Crippen molar-refractivity contribution in [3.8, 4) is 18.2 Å². The van der Waals surface area contributed by atoms with Gasteiger partial charge >= 0.3 is 6.09 Å². The number of benzene rings is 3. The minimum atomic E-state index is -0.419. The van der Waals surface area contributed by atoms with Gasteiger partial charge < -0.3 is 55.8 Å². The molecule has 0 unspecified atom stereocenters. The number of nitrogens with zero attached hydrogens (tertiary/aromatic N) is 21. The number of alkyl carbamates (subject to hydrolysis) is 1. The molecule has 0 radical (unpaired) electrons. The molecule has 6 atom stereocenters. The summed E-state index contributed by atoms with van der Waals surface area (Å²) >= 11 is 17.1. The number of piperazine rings is 6. The quantitative estimate of drug-likeness (QED) is 0.0851. The summed E-state index contributed by atoms with van der Waals surface area (Å²) in [6.45, 7) is 40.3. The molecule has 112 heavy (non-hydrogen) atoms. The number of nitrogens with one attached hydrogen (secondary N) is 3. The van der Waals surface area contributed by atoms with Crippen molar-refractivity contribution in [1.29, 1.82) is 15.8 Å². The molecule has 30 heteroatoms. The van der Waals surface area contributed by atoms with E-state index in [1.807, 2.05) is 84.0 Å². The van der Waals surface area contributed by atoms with Gasteiger partial charge in [-0.2, -0.15) is 20.8 Å². The molecule has 27 nitrogen and oxygen atoms in total. The Morgan fingerprint density at radius 1 is 0.527 bits per heavy atom. The number of hydrogen-bond acceptors (Lipinski definition) is 26. The van der Waals surface area contributed by atoms with Crippen molar-refractivity contribution in [2.75, 3.05) is 154 Å². The first-order valence-electron chi connectivity index (χ1n) is 38.5. The predicted octanol–water partition coefficient (Wildman–Crippen LogP) is 9.95. The van der Waals surface area contributed by atoms with E-state index in [1.165, 1.54) is 5.69 Å². The lowest BCUT2D eigenvalue weighted by molar-refractivity contribution is 0.0427. The number of halogens is 3. The van der Waals surface area contributed by atoms with Crippen LogP contribution in [0, 0.1) is 54.8 Å². The highest BCUT2D eigenvalue weighted by Gasteiger charge is 2.42. The van der Waals surface area contributed by atoms with Gasteiger partial charge in [0.15, 0.2) is 0 Å². The van der Waals surface area contributed by atoms with E-state index in [0.29, 0.717) is 63.4 Å². The van der Waals surface area contributed by atoms with Crippen LogP contribution in [-0.4, -0.2) is 243 Å². The third-order valence-electron chi connectivity index (χ3n) is 21.8. The summed E-state index contributed by atoms with van der Waals surface area (Å²) in [5, 5.41) is 41.8. The van der Waals surface area contributed by atoms with Crippen LogP contribution in [0.15, 0.2) is 110 Å². The summed E-state index contributed by atoms with van der Waals surface area (Å²) in [5.41, 5.74) is 15.9. The van der Waals surface area contributed by atoms with Crippen molar-refractivity contribution in [2.45, 2.75) is 129 Å². The summed E-state index contributed by atoms with van der Waals surface area (Å²) in [7, 11) is 0. The summed E-state index contributed by atoms with van der Waals surface area (Å²) in [6, 6.07) is 39.3. The number of carbonyl (C=O) groups excluding carboxylic acids is 1. The van der Waals surface area contributed by atoms with Crippen LogP contribution in [0.3, 0.4) is 0 Å². The molecule has 8 fully saturated rings. The number of carbonyl (C=O) groups is 1. The number of aryl methyl sites for hydroxylation is 3. The minimum absolute atomic E-state index is 0.123. The monoisotopic (exact) mass is 1570 g/mol. The molecule has 5 N–H and O–H groups in total. The van der Waals surface area contributed by atoms with Crippen molar-refractivity contribution in [3.63, 3.8) is 0 Å². The molecule has 3 aromatic carbocycles. The molecular weight excluding hydrogens is 1470 g/mol. The molecule has 8 aliphatic heterocycles. The lowest BCUT2D eigenvalue weighted by Crippen LogP contribution is -2.67. The molecule has 586 valence electrons. The fourth-order valence-electron chi connectivity index (χ4n) is 16.7. The SMILES string of the molecule is CC1(NC(=O)OC(C)(C)C)CNC1.C[C@@H]1CN(c2ccc(C#N)c3ncccc23)C[C@@H]2CNCCN21.Cc1cc(Cl)nc(Cl)n1.Cc1cc(N2CCN3[C@@H](C2)CN(c2ccc(C#N)c4ncccc24)C[C@H]3C)nc(Cl)n1.Cc1cc(N2CCN3[C@@H](C2)CN(c2ccc(C#N)c4ncccc24)C[C@H]3C)nc(N2CC(C)(N)C2)n1. The van der Waals surface area contributed by atoms with Crippen molar-refractivity contribution in [2.24, 2.45) is 5.73 Å². The van der Waals surface area contributed by atoms with E-state index in [-0.39, 0.29) is 22.5 Å². The number of fused-ring (bicyclic) bond motifs is 6. The molecule has 0 bridgehead atoms. The van der Waals surface area contributed by atoms with Gasteiger partial charge in [0.2, 0.25) is 16.5 Å². The number of pyridine rings is 3. The molecule has 1 amide bonds.